The maximum Gasteiger partial charge on any atom is 0.238 e. The molecule has 2 rings (SSSR count). The number of amides is 1. The van der Waals surface area contributed by atoms with Crippen LogP contribution in [0.3, 0.4) is 0 Å². The molecule has 1 aliphatic carbocycles. The molecule has 1 saturated heterocycles. The minimum absolute atomic E-state index is 0.160. The Hall–Kier alpha value is -0.220. The van der Waals surface area contributed by atoms with E-state index >= 15 is 0 Å². The van der Waals surface area contributed by atoms with Crippen LogP contribution in [0.15, 0.2) is 0 Å². The molecule has 15 heavy (non-hydrogen) atoms. The number of rotatable bonds is 3. The van der Waals surface area contributed by atoms with Crippen molar-refractivity contribution in [3.8, 4) is 0 Å². The van der Waals surface area contributed by atoms with E-state index in [-0.39, 0.29) is 5.91 Å². The summed E-state index contributed by atoms with van der Waals surface area (Å²) in [6.45, 7) is 2.12. The molecule has 4 heteroatoms. The molecule has 1 amide bonds. The normalized spacial score (nSPS) is 37.3. The van der Waals surface area contributed by atoms with E-state index in [9.17, 15) is 4.79 Å². The summed E-state index contributed by atoms with van der Waals surface area (Å²) in [7, 11) is 0. The summed E-state index contributed by atoms with van der Waals surface area (Å²) in [6, 6.07) is 0.513. The Balaban J connectivity index is 2.08. The molecule has 1 saturated carbocycles. The molecule has 3 nitrogen and oxygen atoms in total. The Morgan fingerprint density at radius 1 is 1.47 bits per heavy atom. The average Bonchev–Trinajstić information content (AvgIpc) is 2.78. The second-order valence-corrected chi connectivity index (χ2v) is 6.17. The highest BCUT2D eigenvalue weighted by atomic mass is 32.2. The van der Waals surface area contributed by atoms with Crippen molar-refractivity contribution < 1.29 is 4.79 Å². The number of carbonyl (C=O) groups excluding carboxylic acids is 1. The van der Waals surface area contributed by atoms with Gasteiger partial charge in [0.1, 0.15) is 5.54 Å². The summed E-state index contributed by atoms with van der Waals surface area (Å²) in [5.41, 5.74) is 5.16. The fourth-order valence-corrected chi connectivity index (χ4v) is 4.14. The maximum atomic E-state index is 11.7. The molecule has 0 aromatic rings. The Bertz CT molecular complexity index is 253. The molecule has 0 spiro atoms. The van der Waals surface area contributed by atoms with Gasteiger partial charge in [-0.15, -0.1) is 0 Å². The summed E-state index contributed by atoms with van der Waals surface area (Å²) in [5, 5.41) is 3.86. The third-order valence-corrected chi connectivity index (χ3v) is 5.16. The van der Waals surface area contributed by atoms with Crippen LogP contribution in [0.25, 0.3) is 0 Å². The second kappa shape index (κ2) is 4.34. The molecule has 1 aliphatic heterocycles. The molecule has 86 valence electrons. The summed E-state index contributed by atoms with van der Waals surface area (Å²) >= 11 is 1.85. The topological polar surface area (TPSA) is 55.1 Å². The second-order valence-electron chi connectivity index (χ2n) is 4.72. The van der Waals surface area contributed by atoms with Crippen LogP contribution >= 0.6 is 11.8 Å². The van der Waals surface area contributed by atoms with E-state index in [1.165, 1.54) is 25.7 Å². The van der Waals surface area contributed by atoms with Crippen molar-refractivity contribution in [2.24, 2.45) is 5.73 Å². The average molecular weight is 228 g/mol. The first-order valence-electron chi connectivity index (χ1n) is 5.84. The smallest absolute Gasteiger partial charge is 0.238 e. The lowest BCUT2D eigenvalue weighted by atomic mass is 9.90. The van der Waals surface area contributed by atoms with E-state index in [1.54, 1.807) is 0 Å². The van der Waals surface area contributed by atoms with E-state index in [0.717, 1.165) is 12.2 Å². The fourth-order valence-electron chi connectivity index (χ4n) is 2.76. The van der Waals surface area contributed by atoms with Gasteiger partial charge in [-0.2, -0.15) is 11.8 Å². The maximum absolute atomic E-state index is 11.7. The van der Waals surface area contributed by atoms with Crippen LogP contribution in [-0.4, -0.2) is 28.5 Å². The lowest BCUT2D eigenvalue weighted by molar-refractivity contribution is -0.124. The van der Waals surface area contributed by atoms with E-state index in [0.29, 0.717) is 11.3 Å². The third-order valence-electron chi connectivity index (χ3n) is 3.81. The molecule has 2 fully saturated rings. The van der Waals surface area contributed by atoms with Crippen molar-refractivity contribution in [1.82, 2.24) is 5.32 Å². The van der Waals surface area contributed by atoms with Gasteiger partial charge in [0, 0.05) is 11.3 Å². The summed E-state index contributed by atoms with van der Waals surface area (Å²) < 4.78 is 0. The van der Waals surface area contributed by atoms with Gasteiger partial charge in [-0.05, 0) is 25.0 Å². The predicted octanol–water partition coefficient (Wildman–Crippen LogP) is 1.27. The molecule has 0 aromatic carbocycles. The predicted molar refractivity (Wildman–Crippen MR) is 63.9 cm³/mol. The SMILES string of the molecule is CC1SCCC1(NC1CCCC1)C(N)=O. The van der Waals surface area contributed by atoms with Crippen LogP contribution in [0.1, 0.15) is 39.0 Å². The van der Waals surface area contributed by atoms with Gasteiger partial charge >= 0.3 is 0 Å². The highest BCUT2D eigenvalue weighted by Gasteiger charge is 2.47. The molecule has 0 radical (unpaired) electrons. The van der Waals surface area contributed by atoms with Gasteiger partial charge in [0.2, 0.25) is 5.91 Å². The Kier molecular flexibility index (Phi) is 3.26. The van der Waals surface area contributed by atoms with Crippen LogP contribution in [0, 0.1) is 0 Å². The molecule has 2 unspecified atom stereocenters. The number of nitrogens with two attached hydrogens (primary N) is 1. The number of hydrogen-bond acceptors (Lipinski definition) is 3. The summed E-state index contributed by atoms with van der Waals surface area (Å²) in [4.78, 5) is 11.7. The molecular formula is C11H20N2OS. The first kappa shape index (κ1) is 11.3. The van der Waals surface area contributed by atoms with Gasteiger partial charge in [-0.25, -0.2) is 0 Å². The van der Waals surface area contributed by atoms with Crippen molar-refractivity contribution in [3.63, 3.8) is 0 Å². The first-order chi connectivity index (χ1) is 7.15. The highest BCUT2D eigenvalue weighted by molar-refractivity contribution is 8.00. The zero-order valence-corrected chi connectivity index (χ0v) is 10.1. The Morgan fingerprint density at radius 2 is 2.13 bits per heavy atom. The number of hydrogen-bond donors (Lipinski definition) is 2. The van der Waals surface area contributed by atoms with Crippen LogP contribution in [0.4, 0.5) is 0 Å². The largest absolute Gasteiger partial charge is 0.368 e. The lowest BCUT2D eigenvalue weighted by Crippen LogP contribution is -2.61. The van der Waals surface area contributed by atoms with Gasteiger partial charge < -0.3 is 5.73 Å². The number of primary amides is 1. The Morgan fingerprint density at radius 3 is 2.60 bits per heavy atom. The quantitative estimate of drug-likeness (QED) is 0.765. The molecule has 1 heterocycles. The first-order valence-corrected chi connectivity index (χ1v) is 6.89. The molecule has 3 N–H and O–H groups in total. The lowest BCUT2D eigenvalue weighted by Gasteiger charge is -2.33. The molecule has 2 atom stereocenters. The molecule has 2 aliphatic rings. The van der Waals surface area contributed by atoms with Gasteiger partial charge in [0.15, 0.2) is 0 Å². The van der Waals surface area contributed by atoms with Crippen molar-refractivity contribution in [1.29, 1.82) is 0 Å². The highest BCUT2D eigenvalue weighted by Crippen LogP contribution is 2.37. The number of nitrogens with one attached hydrogen (secondary N) is 1. The standard InChI is InChI=1S/C11H20N2OS/c1-8-11(10(12)14,6-7-15-8)13-9-4-2-3-5-9/h8-9,13H,2-7H2,1H3,(H2,12,14). The summed E-state index contributed by atoms with van der Waals surface area (Å²) in [6.07, 6.45) is 5.87. The van der Waals surface area contributed by atoms with Crippen molar-refractivity contribution >= 4 is 17.7 Å². The van der Waals surface area contributed by atoms with Crippen LogP contribution in [0.5, 0.6) is 0 Å². The van der Waals surface area contributed by atoms with Crippen LogP contribution in [-0.2, 0) is 4.79 Å². The number of thioether (sulfide) groups is 1. The fraction of sp³-hybridized carbons (Fsp3) is 0.909. The van der Waals surface area contributed by atoms with Gasteiger partial charge in [-0.1, -0.05) is 19.8 Å². The van der Waals surface area contributed by atoms with Crippen LogP contribution in [0.2, 0.25) is 0 Å². The summed E-state index contributed by atoms with van der Waals surface area (Å²) in [5.74, 6) is 0.885. The zero-order chi connectivity index (χ0) is 10.9. The monoisotopic (exact) mass is 228 g/mol. The Labute approximate surface area is 95.6 Å². The van der Waals surface area contributed by atoms with E-state index < -0.39 is 5.54 Å². The van der Waals surface area contributed by atoms with E-state index in [4.69, 9.17) is 5.73 Å². The minimum atomic E-state index is -0.431. The van der Waals surface area contributed by atoms with E-state index in [1.807, 2.05) is 11.8 Å². The third kappa shape index (κ3) is 2.02. The molecule has 0 aromatic heterocycles. The van der Waals surface area contributed by atoms with E-state index in [2.05, 4.69) is 12.2 Å². The number of carbonyl (C=O) groups is 1. The van der Waals surface area contributed by atoms with Gasteiger partial charge in [-0.3, -0.25) is 10.1 Å². The van der Waals surface area contributed by atoms with Crippen molar-refractivity contribution in [2.75, 3.05) is 5.75 Å². The van der Waals surface area contributed by atoms with Crippen molar-refractivity contribution in [3.05, 3.63) is 0 Å². The van der Waals surface area contributed by atoms with Gasteiger partial charge in [0.25, 0.3) is 0 Å². The van der Waals surface area contributed by atoms with Crippen molar-refractivity contribution in [2.45, 2.75) is 55.9 Å². The van der Waals surface area contributed by atoms with Gasteiger partial charge in [0.05, 0.1) is 0 Å². The van der Waals surface area contributed by atoms with Crippen LogP contribution < -0.4 is 11.1 Å². The molecule has 0 bridgehead atoms. The minimum Gasteiger partial charge on any atom is -0.368 e. The molecular weight excluding hydrogens is 208 g/mol. The zero-order valence-electron chi connectivity index (χ0n) is 9.29.